The van der Waals surface area contributed by atoms with Crippen LogP contribution in [-0.2, 0) is 0 Å². The van der Waals surface area contributed by atoms with E-state index in [2.05, 4.69) is 147 Å². The first-order valence-corrected chi connectivity index (χ1v) is 14.9. The average Bonchev–Trinajstić information content (AvgIpc) is 3.44. The van der Waals surface area contributed by atoms with Gasteiger partial charge in [-0.3, -0.25) is 0 Å². The van der Waals surface area contributed by atoms with E-state index in [4.69, 9.17) is 4.42 Å². The molecule has 0 unspecified atom stereocenters. The summed E-state index contributed by atoms with van der Waals surface area (Å²) in [6, 6.07) is 48.4. The van der Waals surface area contributed by atoms with Gasteiger partial charge in [-0.05, 0) is 91.3 Å². The third kappa shape index (κ3) is 3.40. The molecule has 0 bridgehead atoms. The molecule has 9 aromatic rings. The van der Waals surface area contributed by atoms with Gasteiger partial charge < -0.3 is 4.42 Å². The fourth-order valence-electron chi connectivity index (χ4n) is 7.44. The Bertz CT molecular complexity index is 2470. The van der Waals surface area contributed by atoms with Gasteiger partial charge in [-0.1, -0.05) is 121 Å². The van der Waals surface area contributed by atoms with Crippen LogP contribution in [0.2, 0.25) is 0 Å². The van der Waals surface area contributed by atoms with Crippen molar-refractivity contribution in [1.29, 1.82) is 0 Å². The quantitative estimate of drug-likeness (QED) is 0.196. The van der Waals surface area contributed by atoms with Gasteiger partial charge >= 0.3 is 0 Å². The Morgan fingerprint density at radius 2 is 0.814 bits per heavy atom. The molecule has 1 nitrogen and oxygen atoms in total. The number of hydrogen-bond donors (Lipinski definition) is 0. The summed E-state index contributed by atoms with van der Waals surface area (Å²) >= 11 is 0. The first-order valence-electron chi connectivity index (χ1n) is 14.9. The first kappa shape index (κ1) is 24.2. The Balaban J connectivity index is 1.36. The summed E-state index contributed by atoms with van der Waals surface area (Å²) in [5.74, 6) is 0. The van der Waals surface area contributed by atoms with Crippen molar-refractivity contribution in [2.24, 2.45) is 0 Å². The molecule has 0 aliphatic carbocycles. The predicted octanol–water partition coefficient (Wildman–Crippen LogP) is 12.1. The molecule has 8 aromatic carbocycles. The highest BCUT2D eigenvalue weighted by molar-refractivity contribution is 6.21. The van der Waals surface area contributed by atoms with Crippen molar-refractivity contribution in [2.45, 2.75) is 13.8 Å². The molecule has 0 saturated heterocycles. The topological polar surface area (TPSA) is 13.1 Å². The Morgan fingerprint density at radius 3 is 1.33 bits per heavy atom. The molecule has 202 valence electrons. The Morgan fingerprint density at radius 1 is 0.372 bits per heavy atom. The van der Waals surface area contributed by atoms with Gasteiger partial charge in [0.05, 0.1) is 0 Å². The molecule has 0 fully saturated rings. The molecule has 0 amide bonds. The van der Waals surface area contributed by atoms with E-state index < -0.39 is 0 Å². The van der Waals surface area contributed by atoms with Gasteiger partial charge in [0.15, 0.2) is 0 Å². The lowest BCUT2D eigenvalue weighted by Gasteiger charge is -2.15. The van der Waals surface area contributed by atoms with Crippen molar-refractivity contribution in [3.63, 3.8) is 0 Å². The van der Waals surface area contributed by atoms with E-state index in [1.165, 1.54) is 70.9 Å². The van der Waals surface area contributed by atoms with Crippen molar-refractivity contribution in [3.8, 4) is 22.3 Å². The molecule has 43 heavy (non-hydrogen) atoms. The van der Waals surface area contributed by atoms with Crippen molar-refractivity contribution in [1.82, 2.24) is 0 Å². The Hall–Kier alpha value is -5.40. The summed E-state index contributed by atoms with van der Waals surface area (Å²) in [7, 11) is 0. The molecule has 1 heterocycles. The van der Waals surface area contributed by atoms with Crippen LogP contribution < -0.4 is 0 Å². The molecule has 0 saturated carbocycles. The number of rotatable bonds is 2. The van der Waals surface area contributed by atoms with Crippen LogP contribution in [0.4, 0.5) is 0 Å². The second-order valence-corrected chi connectivity index (χ2v) is 11.7. The van der Waals surface area contributed by atoms with E-state index in [1.54, 1.807) is 0 Å². The third-order valence-electron chi connectivity index (χ3n) is 9.46. The highest BCUT2D eigenvalue weighted by Crippen LogP contribution is 2.45. The molecule has 0 aliphatic rings. The smallest absolute Gasteiger partial charge is 0.143 e. The van der Waals surface area contributed by atoms with Crippen LogP contribution in [-0.4, -0.2) is 0 Å². The third-order valence-corrected chi connectivity index (χ3v) is 9.46. The largest absolute Gasteiger partial charge is 0.455 e. The molecule has 0 N–H and O–H groups in total. The zero-order valence-corrected chi connectivity index (χ0v) is 24.1. The highest BCUT2D eigenvalue weighted by atomic mass is 16.3. The van der Waals surface area contributed by atoms with Crippen LogP contribution >= 0.6 is 0 Å². The zero-order valence-electron chi connectivity index (χ0n) is 24.1. The van der Waals surface area contributed by atoms with E-state index in [9.17, 15) is 0 Å². The average molecular weight is 549 g/mol. The van der Waals surface area contributed by atoms with Crippen molar-refractivity contribution < 1.29 is 4.42 Å². The number of fused-ring (bicyclic) bond motifs is 7. The Labute approximate surface area is 249 Å². The second kappa shape index (κ2) is 9.05. The van der Waals surface area contributed by atoms with Gasteiger partial charge in [-0.2, -0.15) is 0 Å². The van der Waals surface area contributed by atoms with E-state index >= 15 is 0 Å². The van der Waals surface area contributed by atoms with Crippen LogP contribution in [0.15, 0.2) is 138 Å². The van der Waals surface area contributed by atoms with Crippen LogP contribution in [0.25, 0.3) is 87.3 Å². The van der Waals surface area contributed by atoms with Crippen LogP contribution in [0.5, 0.6) is 0 Å². The van der Waals surface area contributed by atoms with E-state index in [-0.39, 0.29) is 0 Å². The maximum atomic E-state index is 6.75. The summed E-state index contributed by atoms with van der Waals surface area (Å²) in [5, 5.41) is 12.5. The lowest BCUT2D eigenvalue weighted by molar-refractivity contribution is 0.670. The SMILES string of the molecule is Cc1c2ccccc2c(-c2ccc3oc4c(-c5c6ccccc6c(C)c6ccccc56)cccc4c3c2)c2ccccc12. The monoisotopic (exact) mass is 548 g/mol. The molecule has 9 rings (SSSR count). The predicted molar refractivity (Wildman–Crippen MR) is 184 cm³/mol. The van der Waals surface area contributed by atoms with Gasteiger partial charge in [0.2, 0.25) is 0 Å². The summed E-state index contributed by atoms with van der Waals surface area (Å²) in [6.45, 7) is 4.47. The first-order chi connectivity index (χ1) is 21.2. The maximum absolute atomic E-state index is 6.75. The molecular formula is C42H28O. The molecule has 1 aromatic heterocycles. The van der Waals surface area contributed by atoms with Gasteiger partial charge in [0.25, 0.3) is 0 Å². The molecule has 0 atom stereocenters. The van der Waals surface area contributed by atoms with Gasteiger partial charge in [-0.25, -0.2) is 0 Å². The normalized spacial score (nSPS) is 12.0. The molecule has 0 spiro atoms. The van der Waals surface area contributed by atoms with Crippen molar-refractivity contribution in [2.75, 3.05) is 0 Å². The Kier molecular flexibility index (Phi) is 5.10. The van der Waals surface area contributed by atoms with E-state index in [0.29, 0.717) is 0 Å². The fraction of sp³-hybridized carbons (Fsp3) is 0.0476. The number of benzene rings is 8. The summed E-state index contributed by atoms with van der Waals surface area (Å²) in [5.41, 5.74) is 9.34. The standard InChI is InChI=1S/C42H28O/c1-25-28-12-3-7-16-32(28)40(33-17-8-4-13-29(25)33)27-22-23-39-38(24-27)36-20-11-21-37(42(36)43-39)41-34-18-9-5-14-30(34)26(2)31-15-6-10-19-35(31)41/h3-24H,1-2H3. The maximum Gasteiger partial charge on any atom is 0.143 e. The number of hydrogen-bond acceptors (Lipinski definition) is 1. The zero-order chi connectivity index (χ0) is 28.7. The fourth-order valence-corrected chi connectivity index (χ4v) is 7.44. The highest BCUT2D eigenvalue weighted by Gasteiger charge is 2.19. The summed E-state index contributed by atoms with van der Waals surface area (Å²) in [6.07, 6.45) is 0. The van der Waals surface area contributed by atoms with Crippen molar-refractivity contribution >= 4 is 65.0 Å². The van der Waals surface area contributed by atoms with Gasteiger partial charge in [0, 0.05) is 21.9 Å². The minimum absolute atomic E-state index is 0.910. The lowest BCUT2D eigenvalue weighted by Crippen LogP contribution is -1.89. The lowest BCUT2D eigenvalue weighted by atomic mass is 9.88. The summed E-state index contributed by atoms with van der Waals surface area (Å²) < 4.78 is 6.75. The molecular weight excluding hydrogens is 520 g/mol. The minimum atomic E-state index is 0.910. The van der Waals surface area contributed by atoms with Crippen molar-refractivity contribution in [3.05, 3.63) is 145 Å². The van der Waals surface area contributed by atoms with Gasteiger partial charge in [-0.15, -0.1) is 0 Å². The van der Waals surface area contributed by atoms with E-state index in [0.717, 1.165) is 27.5 Å². The summed E-state index contributed by atoms with van der Waals surface area (Å²) in [4.78, 5) is 0. The molecule has 0 radical (unpaired) electrons. The van der Waals surface area contributed by atoms with E-state index in [1.807, 2.05) is 0 Å². The van der Waals surface area contributed by atoms with Crippen LogP contribution in [0.3, 0.4) is 0 Å². The van der Waals surface area contributed by atoms with Gasteiger partial charge in [0.1, 0.15) is 11.2 Å². The number of para-hydroxylation sites is 1. The second-order valence-electron chi connectivity index (χ2n) is 11.7. The number of aryl methyl sites for hydroxylation is 2. The minimum Gasteiger partial charge on any atom is -0.455 e. The van der Waals surface area contributed by atoms with Crippen LogP contribution in [0.1, 0.15) is 11.1 Å². The molecule has 0 aliphatic heterocycles. The van der Waals surface area contributed by atoms with Crippen LogP contribution in [0, 0.1) is 13.8 Å². The number of furan rings is 1. The molecule has 1 heteroatoms.